The van der Waals surface area contributed by atoms with Gasteiger partial charge in [-0.15, -0.1) is 0 Å². The lowest BCUT2D eigenvalue weighted by Crippen LogP contribution is -2.22. The van der Waals surface area contributed by atoms with Crippen molar-refractivity contribution >= 4 is 27.5 Å². The molecule has 0 bridgehead atoms. The van der Waals surface area contributed by atoms with Gasteiger partial charge < -0.3 is 5.32 Å². The summed E-state index contributed by atoms with van der Waals surface area (Å²) in [5.41, 5.74) is 3.01. The highest BCUT2D eigenvalue weighted by Gasteiger charge is 2.21. The molecule has 6 heteroatoms. The standard InChI is InChI=1S/C15H20BrClN4/c1-4-11-14(17)13(21(5-2)20-11)9-12(18-3)15-10(16)7-6-8-19-15/h6-8,12,18H,4-5,9H2,1-3H3. The highest BCUT2D eigenvalue weighted by atomic mass is 79.9. The molecule has 2 aromatic rings. The molecule has 0 aliphatic carbocycles. The molecule has 0 amide bonds. The van der Waals surface area contributed by atoms with Crippen molar-refractivity contribution in [3.63, 3.8) is 0 Å². The Morgan fingerprint density at radius 3 is 2.76 bits per heavy atom. The maximum absolute atomic E-state index is 6.49. The maximum Gasteiger partial charge on any atom is 0.0850 e. The summed E-state index contributed by atoms with van der Waals surface area (Å²) in [6.45, 7) is 4.97. The predicted octanol–water partition coefficient (Wildman–Crippen LogP) is 3.78. The van der Waals surface area contributed by atoms with Crippen LogP contribution in [0.1, 0.15) is 37.0 Å². The topological polar surface area (TPSA) is 42.7 Å². The van der Waals surface area contributed by atoms with Crippen molar-refractivity contribution in [1.29, 1.82) is 0 Å². The molecule has 0 fully saturated rings. The molecule has 0 aliphatic heterocycles. The van der Waals surface area contributed by atoms with Crippen molar-refractivity contribution in [3.8, 4) is 0 Å². The van der Waals surface area contributed by atoms with Crippen molar-refractivity contribution in [2.75, 3.05) is 7.05 Å². The molecule has 0 saturated carbocycles. The lowest BCUT2D eigenvalue weighted by Gasteiger charge is -2.17. The number of nitrogens with one attached hydrogen (secondary N) is 1. The third-order valence-electron chi connectivity index (χ3n) is 3.56. The van der Waals surface area contributed by atoms with Gasteiger partial charge in [0.15, 0.2) is 0 Å². The molecule has 0 aliphatic rings. The van der Waals surface area contributed by atoms with Crippen molar-refractivity contribution in [3.05, 3.63) is 44.9 Å². The molecular weight excluding hydrogens is 352 g/mol. The number of hydrogen-bond donors (Lipinski definition) is 1. The molecular formula is C15H20BrClN4. The summed E-state index contributed by atoms with van der Waals surface area (Å²) in [6, 6.07) is 4.01. The first-order valence-electron chi connectivity index (χ1n) is 7.14. The van der Waals surface area contributed by atoms with Gasteiger partial charge in [0.2, 0.25) is 0 Å². The van der Waals surface area contributed by atoms with Crippen LogP contribution in [0.25, 0.3) is 0 Å². The summed E-state index contributed by atoms with van der Waals surface area (Å²) in [6.07, 6.45) is 3.41. The van der Waals surface area contributed by atoms with Crippen LogP contribution in [0.3, 0.4) is 0 Å². The first kappa shape index (κ1) is 16.5. The zero-order valence-electron chi connectivity index (χ0n) is 12.5. The molecule has 0 aromatic carbocycles. The number of rotatable bonds is 6. The lowest BCUT2D eigenvalue weighted by molar-refractivity contribution is 0.529. The van der Waals surface area contributed by atoms with E-state index in [0.717, 1.165) is 46.0 Å². The van der Waals surface area contributed by atoms with Crippen molar-refractivity contribution in [2.45, 2.75) is 39.3 Å². The van der Waals surface area contributed by atoms with Crippen LogP contribution in [0, 0.1) is 0 Å². The summed E-state index contributed by atoms with van der Waals surface area (Å²) in [5, 5.41) is 8.68. The average molecular weight is 372 g/mol. The van der Waals surface area contributed by atoms with E-state index in [1.165, 1.54) is 0 Å². The Labute approximate surface area is 139 Å². The van der Waals surface area contributed by atoms with Crippen LogP contribution < -0.4 is 5.32 Å². The van der Waals surface area contributed by atoms with Crippen LogP contribution in [-0.4, -0.2) is 21.8 Å². The normalized spacial score (nSPS) is 12.6. The highest BCUT2D eigenvalue weighted by Crippen LogP contribution is 2.28. The first-order valence-corrected chi connectivity index (χ1v) is 8.31. The van der Waals surface area contributed by atoms with E-state index in [2.05, 4.69) is 45.2 Å². The minimum atomic E-state index is 0.0878. The fraction of sp³-hybridized carbons (Fsp3) is 0.467. The predicted molar refractivity (Wildman–Crippen MR) is 89.7 cm³/mol. The second-order valence-corrected chi connectivity index (χ2v) is 6.02. The Hall–Kier alpha value is -0.910. The van der Waals surface area contributed by atoms with Gasteiger partial charge >= 0.3 is 0 Å². The number of likely N-dealkylation sites (N-methyl/N-ethyl adjacent to an activating group) is 1. The van der Waals surface area contributed by atoms with E-state index < -0.39 is 0 Å². The Kier molecular flexibility index (Phi) is 5.79. The number of aromatic nitrogens is 3. The molecule has 2 heterocycles. The van der Waals surface area contributed by atoms with Gasteiger partial charge in [0.1, 0.15) is 0 Å². The number of pyridine rings is 1. The lowest BCUT2D eigenvalue weighted by atomic mass is 10.1. The van der Waals surface area contributed by atoms with Crippen LogP contribution in [0.15, 0.2) is 22.8 Å². The molecule has 4 nitrogen and oxygen atoms in total. The summed E-state index contributed by atoms with van der Waals surface area (Å²) in [7, 11) is 1.94. The number of nitrogens with zero attached hydrogens (tertiary/aromatic N) is 3. The van der Waals surface area contributed by atoms with Crippen LogP contribution >= 0.6 is 27.5 Å². The van der Waals surface area contributed by atoms with E-state index in [1.807, 2.05) is 23.9 Å². The van der Waals surface area contributed by atoms with Crippen molar-refractivity contribution in [1.82, 2.24) is 20.1 Å². The second kappa shape index (κ2) is 7.38. The monoisotopic (exact) mass is 370 g/mol. The van der Waals surface area contributed by atoms with Crippen molar-refractivity contribution in [2.24, 2.45) is 0 Å². The summed E-state index contributed by atoms with van der Waals surface area (Å²) >= 11 is 10.1. The van der Waals surface area contributed by atoms with E-state index in [1.54, 1.807) is 6.20 Å². The maximum atomic E-state index is 6.49. The van der Waals surface area contributed by atoms with Crippen LogP contribution in [-0.2, 0) is 19.4 Å². The fourth-order valence-corrected chi connectivity index (χ4v) is 3.27. The minimum absolute atomic E-state index is 0.0878. The van der Waals surface area contributed by atoms with Crippen LogP contribution in [0.5, 0.6) is 0 Å². The van der Waals surface area contributed by atoms with Gasteiger partial charge in [0.05, 0.1) is 28.1 Å². The van der Waals surface area contributed by atoms with E-state index in [0.29, 0.717) is 0 Å². The summed E-state index contributed by atoms with van der Waals surface area (Å²) in [5.74, 6) is 0. The van der Waals surface area contributed by atoms with Gasteiger partial charge in [-0.3, -0.25) is 9.67 Å². The molecule has 0 radical (unpaired) electrons. The van der Waals surface area contributed by atoms with E-state index in [4.69, 9.17) is 11.6 Å². The second-order valence-electron chi connectivity index (χ2n) is 4.79. The SMILES string of the molecule is CCc1nn(CC)c(CC(NC)c2ncccc2Br)c1Cl. The van der Waals surface area contributed by atoms with Gasteiger partial charge in [0, 0.05) is 23.6 Å². The molecule has 21 heavy (non-hydrogen) atoms. The van der Waals surface area contributed by atoms with Gasteiger partial charge in [0.25, 0.3) is 0 Å². The molecule has 1 N–H and O–H groups in total. The largest absolute Gasteiger partial charge is 0.311 e. The third kappa shape index (κ3) is 3.47. The third-order valence-corrected chi connectivity index (χ3v) is 4.66. The smallest absolute Gasteiger partial charge is 0.0850 e. The zero-order valence-corrected chi connectivity index (χ0v) is 14.9. The van der Waals surface area contributed by atoms with E-state index >= 15 is 0 Å². The van der Waals surface area contributed by atoms with Crippen molar-refractivity contribution < 1.29 is 0 Å². The molecule has 1 unspecified atom stereocenters. The van der Waals surface area contributed by atoms with E-state index in [9.17, 15) is 0 Å². The molecule has 0 spiro atoms. The van der Waals surface area contributed by atoms with Crippen LogP contribution in [0.2, 0.25) is 5.02 Å². The summed E-state index contributed by atoms with van der Waals surface area (Å²) in [4.78, 5) is 4.48. The van der Waals surface area contributed by atoms with Gasteiger partial charge in [-0.05, 0) is 48.5 Å². The molecule has 1 atom stereocenters. The fourth-order valence-electron chi connectivity index (χ4n) is 2.40. The van der Waals surface area contributed by atoms with Gasteiger partial charge in [-0.2, -0.15) is 5.10 Å². The molecule has 2 aromatic heterocycles. The molecule has 0 saturated heterocycles. The Balaban J connectivity index is 2.35. The number of halogens is 2. The number of hydrogen-bond acceptors (Lipinski definition) is 3. The Bertz CT molecular complexity index is 612. The average Bonchev–Trinajstić information content (AvgIpc) is 2.81. The highest BCUT2D eigenvalue weighted by molar-refractivity contribution is 9.10. The minimum Gasteiger partial charge on any atom is -0.311 e. The molecule has 2 rings (SSSR count). The first-order chi connectivity index (χ1) is 10.1. The van der Waals surface area contributed by atoms with Gasteiger partial charge in [-0.1, -0.05) is 18.5 Å². The number of aryl methyl sites for hydroxylation is 2. The summed E-state index contributed by atoms with van der Waals surface area (Å²) < 4.78 is 2.99. The quantitative estimate of drug-likeness (QED) is 0.840. The zero-order chi connectivity index (χ0) is 15.4. The van der Waals surface area contributed by atoms with Gasteiger partial charge in [-0.25, -0.2) is 0 Å². The van der Waals surface area contributed by atoms with Crippen LogP contribution in [0.4, 0.5) is 0 Å². The van der Waals surface area contributed by atoms with E-state index in [-0.39, 0.29) is 6.04 Å². The Morgan fingerprint density at radius 2 is 2.19 bits per heavy atom. The molecule has 114 valence electrons. The Morgan fingerprint density at radius 1 is 1.43 bits per heavy atom.